The molecule has 4 nitrogen and oxygen atoms in total. The van der Waals surface area contributed by atoms with E-state index < -0.39 is 9.84 Å². The van der Waals surface area contributed by atoms with E-state index in [1.165, 1.54) is 30.3 Å². The first-order chi connectivity index (χ1) is 8.88. The van der Waals surface area contributed by atoms with Crippen LogP contribution in [0.25, 0.3) is 0 Å². The summed E-state index contributed by atoms with van der Waals surface area (Å²) in [4.78, 5) is 0.00310. The molecule has 2 aromatic carbocycles. The maximum Gasteiger partial charge on any atom is 0.184 e. The average Bonchev–Trinajstić information content (AvgIpc) is 2.31. The molecule has 0 bridgehead atoms. The van der Waals surface area contributed by atoms with Crippen LogP contribution in [0.2, 0.25) is 5.02 Å². The lowest BCUT2D eigenvalue weighted by Gasteiger charge is -2.08. The molecule has 0 atom stereocenters. The van der Waals surface area contributed by atoms with Crippen molar-refractivity contribution in [3.63, 3.8) is 0 Å². The monoisotopic (exact) mass is 297 g/mol. The highest BCUT2D eigenvalue weighted by molar-refractivity contribution is 7.90. The molecule has 0 radical (unpaired) electrons. The first-order valence-corrected chi connectivity index (χ1v) is 7.47. The van der Waals surface area contributed by atoms with Crippen LogP contribution in [-0.2, 0) is 15.6 Å². The molecule has 2 rings (SSSR count). The van der Waals surface area contributed by atoms with E-state index in [9.17, 15) is 13.5 Å². The number of phenolic OH excluding ortho intramolecular Hbond substituents is 1. The molecule has 100 valence electrons. The SMILES string of the molecule is Nc1ccc(Cl)cc1S(=O)(=O)Cc1cccc(O)c1. The van der Waals surface area contributed by atoms with Crippen molar-refractivity contribution in [1.82, 2.24) is 0 Å². The van der Waals surface area contributed by atoms with Gasteiger partial charge in [0.25, 0.3) is 0 Å². The van der Waals surface area contributed by atoms with Gasteiger partial charge in [-0.25, -0.2) is 8.42 Å². The Kier molecular flexibility index (Phi) is 3.68. The predicted octanol–water partition coefficient (Wildman–Crippen LogP) is 2.60. The number of phenols is 1. The van der Waals surface area contributed by atoms with E-state index >= 15 is 0 Å². The van der Waals surface area contributed by atoms with Gasteiger partial charge in [-0.2, -0.15) is 0 Å². The predicted molar refractivity (Wildman–Crippen MR) is 74.9 cm³/mol. The summed E-state index contributed by atoms with van der Waals surface area (Å²) >= 11 is 5.79. The molecule has 6 heteroatoms. The van der Waals surface area contributed by atoms with E-state index in [1.807, 2.05) is 0 Å². The van der Waals surface area contributed by atoms with E-state index in [-0.39, 0.29) is 22.1 Å². The second-order valence-corrected chi connectivity index (χ2v) is 6.51. The zero-order chi connectivity index (χ0) is 14.0. The second kappa shape index (κ2) is 5.11. The van der Waals surface area contributed by atoms with Crippen molar-refractivity contribution in [3.8, 4) is 5.75 Å². The van der Waals surface area contributed by atoms with Crippen molar-refractivity contribution in [1.29, 1.82) is 0 Å². The number of halogens is 1. The number of benzene rings is 2. The number of anilines is 1. The summed E-state index contributed by atoms with van der Waals surface area (Å²) in [5.74, 6) is -0.224. The lowest BCUT2D eigenvalue weighted by Crippen LogP contribution is -2.08. The van der Waals surface area contributed by atoms with Gasteiger partial charge in [0.05, 0.1) is 16.3 Å². The normalized spacial score (nSPS) is 11.4. The summed E-state index contributed by atoms with van der Waals surface area (Å²) in [5, 5.41) is 9.65. The van der Waals surface area contributed by atoms with Gasteiger partial charge in [0, 0.05) is 5.02 Å². The molecule has 0 saturated carbocycles. The molecule has 0 aliphatic heterocycles. The molecular formula is C13H12ClNO3S. The van der Waals surface area contributed by atoms with Gasteiger partial charge in [0.1, 0.15) is 5.75 Å². The standard InChI is InChI=1S/C13H12ClNO3S/c14-10-4-5-12(15)13(7-10)19(17,18)8-9-2-1-3-11(16)6-9/h1-7,16H,8,15H2. The van der Waals surface area contributed by atoms with Crippen molar-refractivity contribution in [2.45, 2.75) is 10.6 Å². The highest BCUT2D eigenvalue weighted by Crippen LogP contribution is 2.26. The van der Waals surface area contributed by atoms with Gasteiger partial charge in [-0.3, -0.25) is 0 Å². The maximum absolute atomic E-state index is 12.3. The Hall–Kier alpha value is -1.72. The molecule has 0 aromatic heterocycles. The van der Waals surface area contributed by atoms with Crippen molar-refractivity contribution >= 4 is 27.1 Å². The van der Waals surface area contributed by atoms with Gasteiger partial charge >= 0.3 is 0 Å². The summed E-state index contributed by atoms with van der Waals surface area (Å²) in [6, 6.07) is 10.4. The lowest BCUT2D eigenvalue weighted by atomic mass is 10.2. The fourth-order valence-corrected chi connectivity index (χ4v) is 3.47. The van der Waals surface area contributed by atoms with Crippen molar-refractivity contribution in [2.75, 3.05) is 5.73 Å². The summed E-state index contributed by atoms with van der Waals surface area (Å²) in [7, 11) is -3.60. The van der Waals surface area contributed by atoms with Crippen LogP contribution < -0.4 is 5.73 Å². The number of nitrogens with two attached hydrogens (primary N) is 1. The third-order valence-electron chi connectivity index (χ3n) is 2.58. The summed E-state index contributed by atoms with van der Waals surface area (Å²) in [6.45, 7) is 0. The molecule has 19 heavy (non-hydrogen) atoms. The van der Waals surface area contributed by atoms with E-state index in [0.717, 1.165) is 0 Å². The van der Waals surface area contributed by atoms with Crippen LogP contribution in [0, 0.1) is 0 Å². The molecule has 0 spiro atoms. The fraction of sp³-hybridized carbons (Fsp3) is 0.0769. The molecule has 0 aliphatic carbocycles. The highest BCUT2D eigenvalue weighted by Gasteiger charge is 2.19. The fourth-order valence-electron chi connectivity index (χ4n) is 1.72. The number of nitrogen functional groups attached to an aromatic ring is 1. The second-order valence-electron chi connectivity index (χ2n) is 4.11. The smallest absolute Gasteiger partial charge is 0.184 e. The largest absolute Gasteiger partial charge is 0.508 e. The Bertz CT molecular complexity index is 714. The van der Waals surface area contributed by atoms with Crippen LogP contribution >= 0.6 is 11.6 Å². The number of hydrogen-bond acceptors (Lipinski definition) is 4. The third-order valence-corrected chi connectivity index (χ3v) is 4.55. The van der Waals surface area contributed by atoms with Crippen LogP contribution in [0.5, 0.6) is 5.75 Å². The Morgan fingerprint density at radius 3 is 2.58 bits per heavy atom. The topological polar surface area (TPSA) is 80.4 Å². The van der Waals surface area contributed by atoms with Gasteiger partial charge < -0.3 is 10.8 Å². The van der Waals surface area contributed by atoms with E-state index in [1.54, 1.807) is 12.1 Å². The first kappa shape index (κ1) is 13.7. The minimum Gasteiger partial charge on any atom is -0.508 e. The number of hydrogen-bond donors (Lipinski definition) is 2. The molecule has 0 heterocycles. The Balaban J connectivity index is 2.40. The van der Waals surface area contributed by atoms with Crippen LogP contribution in [0.1, 0.15) is 5.56 Å². The first-order valence-electron chi connectivity index (χ1n) is 5.44. The van der Waals surface area contributed by atoms with Crippen LogP contribution in [0.3, 0.4) is 0 Å². The molecule has 0 unspecified atom stereocenters. The number of sulfone groups is 1. The number of rotatable bonds is 3. The van der Waals surface area contributed by atoms with Crippen molar-refractivity contribution < 1.29 is 13.5 Å². The lowest BCUT2D eigenvalue weighted by molar-refractivity contribution is 0.475. The third kappa shape index (κ3) is 3.19. The molecule has 2 aromatic rings. The Morgan fingerprint density at radius 2 is 1.89 bits per heavy atom. The molecule has 0 saturated heterocycles. The van der Waals surface area contributed by atoms with Gasteiger partial charge in [0.15, 0.2) is 9.84 Å². The minimum absolute atomic E-state index is 0.00310. The number of aromatic hydroxyl groups is 1. The Labute approximate surface area is 116 Å². The summed E-state index contributed by atoms with van der Waals surface area (Å²) in [6.07, 6.45) is 0. The van der Waals surface area contributed by atoms with E-state index in [4.69, 9.17) is 17.3 Å². The van der Waals surface area contributed by atoms with Crippen molar-refractivity contribution in [3.05, 3.63) is 53.1 Å². The summed E-state index contributed by atoms with van der Waals surface area (Å²) in [5.41, 5.74) is 6.31. The maximum atomic E-state index is 12.3. The molecular weight excluding hydrogens is 286 g/mol. The quantitative estimate of drug-likeness (QED) is 0.853. The zero-order valence-corrected chi connectivity index (χ0v) is 11.4. The van der Waals surface area contributed by atoms with Crippen molar-refractivity contribution in [2.24, 2.45) is 0 Å². The van der Waals surface area contributed by atoms with Crippen LogP contribution in [-0.4, -0.2) is 13.5 Å². The average molecular weight is 298 g/mol. The van der Waals surface area contributed by atoms with Gasteiger partial charge in [-0.15, -0.1) is 0 Å². The van der Waals surface area contributed by atoms with Crippen LogP contribution in [0.15, 0.2) is 47.4 Å². The molecule has 0 aliphatic rings. The Morgan fingerprint density at radius 1 is 1.16 bits per heavy atom. The van der Waals surface area contributed by atoms with E-state index in [0.29, 0.717) is 10.6 Å². The summed E-state index contributed by atoms with van der Waals surface area (Å²) < 4.78 is 24.5. The minimum atomic E-state index is -3.60. The van der Waals surface area contributed by atoms with Gasteiger partial charge in [-0.1, -0.05) is 23.7 Å². The van der Waals surface area contributed by atoms with E-state index in [2.05, 4.69) is 0 Å². The molecule has 0 amide bonds. The highest BCUT2D eigenvalue weighted by atomic mass is 35.5. The zero-order valence-electron chi connectivity index (χ0n) is 9.88. The molecule has 3 N–H and O–H groups in total. The van der Waals surface area contributed by atoms with Gasteiger partial charge in [0.2, 0.25) is 0 Å². The molecule has 0 fully saturated rings. The van der Waals surface area contributed by atoms with Gasteiger partial charge in [-0.05, 0) is 35.9 Å². The van der Waals surface area contributed by atoms with Crippen LogP contribution in [0.4, 0.5) is 5.69 Å².